The van der Waals surface area contributed by atoms with Crippen molar-refractivity contribution in [3.63, 3.8) is 0 Å². The summed E-state index contributed by atoms with van der Waals surface area (Å²) >= 11 is 0. The fourth-order valence-corrected chi connectivity index (χ4v) is 0.958. The van der Waals surface area contributed by atoms with Crippen LogP contribution in [0.25, 0.3) is 0 Å². The van der Waals surface area contributed by atoms with Crippen LogP contribution in [0.1, 0.15) is 0 Å². The summed E-state index contributed by atoms with van der Waals surface area (Å²) in [7, 11) is 1.52. The summed E-state index contributed by atoms with van der Waals surface area (Å²) in [5.74, 6) is -0.126. The van der Waals surface area contributed by atoms with E-state index in [-0.39, 0.29) is 6.03 Å². The van der Waals surface area contributed by atoms with Crippen molar-refractivity contribution in [3.05, 3.63) is 36.9 Å². The Bertz CT molecular complexity index is 398. The van der Waals surface area contributed by atoms with Gasteiger partial charge in [-0.25, -0.2) is 9.59 Å². The van der Waals surface area contributed by atoms with Crippen LogP contribution >= 0.6 is 0 Å². The molecule has 5 heteroatoms. The molecule has 0 atom stereocenters. The highest BCUT2D eigenvalue weighted by molar-refractivity contribution is 5.89. The molecule has 84 valence electrons. The molecule has 0 unspecified atom stereocenters. The fourth-order valence-electron chi connectivity index (χ4n) is 0.958. The second-order valence-corrected chi connectivity index (χ2v) is 2.85. The minimum atomic E-state index is -0.521. The molecule has 0 aliphatic rings. The van der Waals surface area contributed by atoms with Crippen LogP contribution in [0.2, 0.25) is 0 Å². The lowest BCUT2D eigenvalue weighted by Crippen LogP contribution is -2.24. The number of hydrogen-bond acceptors (Lipinski definition) is 3. The molecule has 16 heavy (non-hydrogen) atoms. The van der Waals surface area contributed by atoms with Gasteiger partial charge in [0.2, 0.25) is 0 Å². The molecule has 0 spiro atoms. The third kappa shape index (κ3) is 3.45. The topological polar surface area (TPSA) is 67.4 Å². The fraction of sp³-hybridized carbons (Fsp3) is 0.0909. The van der Waals surface area contributed by atoms with E-state index in [1.165, 1.54) is 7.05 Å². The van der Waals surface area contributed by atoms with Crippen molar-refractivity contribution in [1.29, 1.82) is 0 Å². The quantitative estimate of drug-likeness (QED) is 0.461. The van der Waals surface area contributed by atoms with Gasteiger partial charge in [-0.2, -0.15) is 0 Å². The average molecular weight is 220 g/mol. The van der Waals surface area contributed by atoms with Gasteiger partial charge in [0, 0.05) is 18.8 Å². The first-order valence-electron chi connectivity index (χ1n) is 4.58. The van der Waals surface area contributed by atoms with E-state index >= 15 is 0 Å². The molecule has 2 amide bonds. The summed E-state index contributed by atoms with van der Waals surface area (Å²) < 4.78 is 4.86. The number of rotatable bonds is 3. The van der Waals surface area contributed by atoms with Crippen LogP contribution in [-0.2, 0) is 4.79 Å². The number of anilines is 1. The SMILES string of the molecule is C=CC(=O)Oc1ccc(NC(=O)NC)cc1. The van der Waals surface area contributed by atoms with Crippen molar-refractivity contribution < 1.29 is 14.3 Å². The minimum absolute atomic E-state index is 0.309. The van der Waals surface area contributed by atoms with Gasteiger partial charge < -0.3 is 15.4 Å². The molecular weight excluding hydrogens is 208 g/mol. The van der Waals surface area contributed by atoms with Crippen molar-refractivity contribution in [2.75, 3.05) is 12.4 Å². The Kier molecular flexibility index (Phi) is 4.08. The molecule has 2 N–H and O–H groups in total. The molecular formula is C11H12N2O3. The first-order valence-corrected chi connectivity index (χ1v) is 4.58. The van der Waals surface area contributed by atoms with Gasteiger partial charge in [0.25, 0.3) is 0 Å². The van der Waals surface area contributed by atoms with Crippen LogP contribution in [0, 0.1) is 0 Å². The normalized spacial score (nSPS) is 9.06. The van der Waals surface area contributed by atoms with Crippen LogP contribution in [-0.4, -0.2) is 19.0 Å². The van der Waals surface area contributed by atoms with Crippen molar-refractivity contribution in [3.8, 4) is 5.75 Å². The number of benzene rings is 1. The van der Waals surface area contributed by atoms with Gasteiger partial charge in [0.1, 0.15) is 5.75 Å². The molecule has 0 saturated carbocycles. The summed E-state index contributed by atoms with van der Waals surface area (Å²) in [4.78, 5) is 21.8. The van der Waals surface area contributed by atoms with E-state index in [2.05, 4.69) is 17.2 Å². The highest BCUT2D eigenvalue weighted by Crippen LogP contribution is 2.15. The van der Waals surface area contributed by atoms with E-state index in [1.54, 1.807) is 24.3 Å². The van der Waals surface area contributed by atoms with Gasteiger partial charge in [-0.05, 0) is 24.3 Å². The Labute approximate surface area is 93.1 Å². The Balaban J connectivity index is 2.64. The summed E-state index contributed by atoms with van der Waals surface area (Å²) in [5, 5.41) is 5.00. The van der Waals surface area contributed by atoms with Crippen molar-refractivity contribution in [2.45, 2.75) is 0 Å². The van der Waals surface area contributed by atoms with Crippen LogP contribution in [0.4, 0.5) is 10.5 Å². The smallest absolute Gasteiger partial charge is 0.335 e. The number of carbonyl (C=O) groups excluding carboxylic acids is 2. The van der Waals surface area contributed by atoms with E-state index in [9.17, 15) is 9.59 Å². The molecule has 0 radical (unpaired) electrons. The van der Waals surface area contributed by atoms with Crippen LogP contribution in [0.3, 0.4) is 0 Å². The summed E-state index contributed by atoms with van der Waals surface area (Å²) in [5.41, 5.74) is 0.609. The number of ether oxygens (including phenoxy) is 1. The Morgan fingerprint density at radius 1 is 1.31 bits per heavy atom. The maximum Gasteiger partial charge on any atom is 0.335 e. The number of carbonyl (C=O) groups is 2. The lowest BCUT2D eigenvalue weighted by atomic mass is 10.3. The van der Waals surface area contributed by atoms with Crippen LogP contribution in [0.5, 0.6) is 5.75 Å². The Morgan fingerprint density at radius 3 is 2.44 bits per heavy atom. The number of esters is 1. The number of amides is 2. The molecule has 5 nitrogen and oxygen atoms in total. The maximum atomic E-state index is 11.0. The summed E-state index contributed by atoms with van der Waals surface area (Å²) in [6.07, 6.45) is 1.08. The largest absolute Gasteiger partial charge is 0.423 e. The third-order valence-corrected chi connectivity index (χ3v) is 1.72. The standard InChI is InChI=1S/C11H12N2O3/c1-3-10(14)16-9-6-4-8(5-7-9)13-11(15)12-2/h3-7H,1H2,2H3,(H2,12,13,15). The molecule has 1 rings (SSSR count). The lowest BCUT2D eigenvalue weighted by molar-refractivity contribution is -0.128. The summed E-state index contributed by atoms with van der Waals surface area (Å²) in [6, 6.07) is 6.09. The molecule has 0 fully saturated rings. The van der Waals surface area contributed by atoms with E-state index in [0.717, 1.165) is 6.08 Å². The maximum absolute atomic E-state index is 11.0. The van der Waals surface area contributed by atoms with E-state index in [0.29, 0.717) is 11.4 Å². The molecule has 0 saturated heterocycles. The average Bonchev–Trinajstić information content (AvgIpc) is 2.31. The van der Waals surface area contributed by atoms with Crippen molar-refractivity contribution >= 4 is 17.7 Å². The highest BCUT2D eigenvalue weighted by atomic mass is 16.5. The predicted octanol–water partition coefficient (Wildman–Crippen LogP) is 1.53. The second-order valence-electron chi connectivity index (χ2n) is 2.85. The molecule has 1 aromatic rings. The predicted molar refractivity (Wildman–Crippen MR) is 60.4 cm³/mol. The highest BCUT2D eigenvalue weighted by Gasteiger charge is 2.01. The molecule has 1 aromatic carbocycles. The number of hydrogen-bond donors (Lipinski definition) is 2. The van der Waals surface area contributed by atoms with Gasteiger partial charge in [0.15, 0.2) is 0 Å². The zero-order chi connectivity index (χ0) is 12.0. The van der Waals surface area contributed by atoms with E-state index < -0.39 is 5.97 Å². The minimum Gasteiger partial charge on any atom is -0.423 e. The zero-order valence-electron chi connectivity index (χ0n) is 8.82. The number of urea groups is 1. The van der Waals surface area contributed by atoms with Gasteiger partial charge in [-0.3, -0.25) is 0 Å². The lowest BCUT2D eigenvalue weighted by Gasteiger charge is -2.05. The van der Waals surface area contributed by atoms with Crippen LogP contribution in [0.15, 0.2) is 36.9 Å². The summed E-state index contributed by atoms with van der Waals surface area (Å²) in [6.45, 7) is 3.28. The first-order chi connectivity index (χ1) is 7.65. The van der Waals surface area contributed by atoms with E-state index in [1.807, 2.05) is 0 Å². The van der Waals surface area contributed by atoms with E-state index in [4.69, 9.17) is 4.74 Å². The third-order valence-electron chi connectivity index (χ3n) is 1.72. The first kappa shape index (κ1) is 11.8. The molecule has 0 aliphatic carbocycles. The molecule has 0 heterocycles. The molecule has 0 aromatic heterocycles. The van der Waals surface area contributed by atoms with Crippen molar-refractivity contribution in [1.82, 2.24) is 5.32 Å². The molecule has 0 aliphatic heterocycles. The Morgan fingerprint density at radius 2 is 1.94 bits per heavy atom. The van der Waals surface area contributed by atoms with Crippen molar-refractivity contribution in [2.24, 2.45) is 0 Å². The Hall–Kier alpha value is -2.30. The number of nitrogens with one attached hydrogen (secondary N) is 2. The second kappa shape index (κ2) is 5.55. The van der Waals surface area contributed by atoms with Gasteiger partial charge in [-0.1, -0.05) is 6.58 Å². The van der Waals surface area contributed by atoms with Crippen LogP contribution < -0.4 is 15.4 Å². The van der Waals surface area contributed by atoms with Gasteiger partial charge >= 0.3 is 12.0 Å². The van der Waals surface area contributed by atoms with Gasteiger partial charge in [0.05, 0.1) is 0 Å². The van der Waals surface area contributed by atoms with Gasteiger partial charge in [-0.15, -0.1) is 0 Å². The zero-order valence-corrected chi connectivity index (χ0v) is 8.82. The monoisotopic (exact) mass is 220 g/mol. The molecule has 0 bridgehead atoms.